The van der Waals surface area contributed by atoms with Crippen molar-refractivity contribution in [3.63, 3.8) is 0 Å². The summed E-state index contributed by atoms with van der Waals surface area (Å²) >= 11 is 0. The highest BCUT2D eigenvalue weighted by Gasteiger charge is 2.20. The summed E-state index contributed by atoms with van der Waals surface area (Å²) in [5, 5.41) is 10.9. The highest BCUT2D eigenvalue weighted by molar-refractivity contribution is 6.00. The quantitative estimate of drug-likeness (QED) is 0.593. The Hall–Kier alpha value is -1.88. The normalized spacial score (nSPS) is 11.8. The minimum absolute atomic E-state index is 0.278. The molecular weight excluding hydrogens is 196 g/mol. The molecule has 1 atom stereocenters. The van der Waals surface area contributed by atoms with Gasteiger partial charge in [-0.1, -0.05) is 30.3 Å². The summed E-state index contributed by atoms with van der Waals surface area (Å²) < 4.78 is 0. The summed E-state index contributed by atoms with van der Waals surface area (Å²) in [7, 11) is 0. The molecule has 0 aromatic heterocycles. The van der Waals surface area contributed by atoms with Crippen LogP contribution in [0.4, 0.5) is 0 Å². The Morgan fingerprint density at radius 3 is 2.47 bits per heavy atom. The zero-order valence-electron chi connectivity index (χ0n) is 8.01. The van der Waals surface area contributed by atoms with Gasteiger partial charge in [-0.15, -0.1) is 0 Å². The smallest absolute Gasteiger partial charge is 0.330 e. The van der Waals surface area contributed by atoms with Crippen molar-refractivity contribution in [1.29, 1.82) is 0 Å². The molecule has 0 fully saturated rings. The van der Waals surface area contributed by atoms with E-state index in [9.17, 15) is 9.59 Å². The third kappa shape index (κ3) is 3.40. The van der Waals surface area contributed by atoms with Crippen LogP contribution in [0.3, 0.4) is 0 Å². The molecular formula is C10H12N2O3. The van der Waals surface area contributed by atoms with E-state index in [2.05, 4.69) is 5.32 Å². The maximum Gasteiger partial charge on any atom is 0.330 e. The first-order valence-electron chi connectivity index (χ1n) is 4.41. The van der Waals surface area contributed by atoms with Gasteiger partial charge >= 0.3 is 5.97 Å². The van der Waals surface area contributed by atoms with E-state index in [0.717, 1.165) is 5.56 Å². The lowest BCUT2D eigenvalue weighted by Crippen LogP contribution is -2.45. The van der Waals surface area contributed by atoms with Gasteiger partial charge in [0.2, 0.25) is 5.91 Å². The summed E-state index contributed by atoms with van der Waals surface area (Å²) in [5.41, 5.74) is 6.00. The van der Waals surface area contributed by atoms with Crippen molar-refractivity contribution >= 4 is 11.9 Å². The van der Waals surface area contributed by atoms with Crippen LogP contribution in [0.2, 0.25) is 0 Å². The number of benzene rings is 1. The summed E-state index contributed by atoms with van der Waals surface area (Å²) in [6.07, 6.45) is 0. The average Bonchev–Trinajstić information content (AvgIpc) is 2.26. The molecule has 0 saturated heterocycles. The highest BCUT2D eigenvalue weighted by atomic mass is 16.4. The largest absolute Gasteiger partial charge is 0.480 e. The molecule has 4 N–H and O–H groups in total. The minimum atomic E-state index is -1.51. The van der Waals surface area contributed by atoms with E-state index in [1.165, 1.54) is 0 Å². The average molecular weight is 208 g/mol. The van der Waals surface area contributed by atoms with Gasteiger partial charge in [0.15, 0.2) is 6.04 Å². The van der Waals surface area contributed by atoms with Crippen molar-refractivity contribution in [3.8, 4) is 0 Å². The summed E-state index contributed by atoms with van der Waals surface area (Å²) in [5.74, 6) is -2.02. The molecule has 1 aromatic carbocycles. The molecule has 0 heterocycles. The van der Waals surface area contributed by atoms with Crippen LogP contribution < -0.4 is 11.1 Å². The molecule has 0 radical (unpaired) electrons. The van der Waals surface area contributed by atoms with Crippen molar-refractivity contribution in [2.45, 2.75) is 12.6 Å². The standard InChI is InChI=1S/C10H12N2O3/c11-8(10(14)15)9(13)12-6-7-4-2-1-3-5-7/h1-5,8H,6,11H2,(H,12,13)(H,14,15). The van der Waals surface area contributed by atoms with E-state index >= 15 is 0 Å². The number of carboxylic acids is 1. The zero-order valence-corrected chi connectivity index (χ0v) is 8.01. The van der Waals surface area contributed by atoms with Crippen LogP contribution in [-0.4, -0.2) is 23.0 Å². The Labute approximate surface area is 86.9 Å². The number of carbonyl (C=O) groups excluding carboxylic acids is 1. The van der Waals surface area contributed by atoms with Crippen LogP contribution in [0.5, 0.6) is 0 Å². The lowest BCUT2D eigenvalue weighted by Gasteiger charge is -2.07. The van der Waals surface area contributed by atoms with Gasteiger partial charge in [0.1, 0.15) is 0 Å². The van der Waals surface area contributed by atoms with Gasteiger partial charge < -0.3 is 16.2 Å². The fraction of sp³-hybridized carbons (Fsp3) is 0.200. The van der Waals surface area contributed by atoms with E-state index in [-0.39, 0.29) is 6.54 Å². The summed E-state index contributed by atoms with van der Waals surface area (Å²) in [4.78, 5) is 21.5. The zero-order chi connectivity index (χ0) is 11.3. The number of hydrogen-bond acceptors (Lipinski definition) is 3. The monoisotopic (exact) mass is 208 g/mol. The summed E-state index contributed by atoms with van der Waals surface area (Å²) in [6, 6.07) is 7.67. The molecule has 0 aliphatic heterocycles. The minimum Gasteiger partial charge on any atom is -0.480 e. The fourth-order valence-electron chi connectivity index (χ4n) is 1.01. The number of nitrogens with one attached hydrogen (secondary N) is 1. The molecule has 1 unspecified atom stereocenters. The first kappa shape index (κ1) is 11.2. The van der Waals surface area contributed by atoms with Crippen LogP contribution in [-0.2, 0) is 16.1 Å². The van der Waals surface area contributed by atoms with Gasteiger partial charge in [0, 0.05) is 6.54 Å². The van der Waals surface area contributed by atoms with Gasteiger partial charge in [0.25, 0.3) is 0 Å². The van der Waals surface area contributed by atoms with Crippen molar-refractivity contribution in [3.05, 3.63) is 35.9 Å². The Balaban J connectivity index is 2.44. The van der Waals surface area contributed by atoms with Crippen molar-refractivity contribution < 1.29 is 14.7 Å². The van der Waals surface area contributed by atoms with E-state index in [0.29, 0.717) is 0 Å². The first-order valence-corrected chi connectivity index (χ1v) is 4.41. The number of carbonyl (C=O) groups is 2. The molecule has 15 heavy (non-hydrogen) atoms. The highest BCUT2D eigenvalue weighted by Crippen LogP contribution is 1.97. The van der Waals surface area contributed by atoms with Crippen molar-refractivity contribution in [1.82, 2.24) is 5.32 Å². The molecule has 0 saturated carbocycles. The second-order valence-electron chi connectivity index (χ2n) is 3.02. The summed E-state index contributed by atoms with van der Waals surface area (Å²) in [6.45, 7) is 0.278. The molecule has 1 aromatic rings. The van der Waals surface area contributed by atoms with Crippen LogP contribution in [0.25, 0.3) is 0 Å². The molecule has 80 valence electrons. The number of nitrogens with two attached hydrogens (primary N) is 1. The van der Waals surface area contributed by atoms with E-state index in [1.54, 1.807) is 0 Å². The Bertz CT molecular complexity index is 351. The molecule has 0 bridgehead atoms. The van der Waals surface area contributed by atoms with Gasteiger partial charge in [-0.3, -0.25) is 4.79 Å². The maximum absolute atomic E-state index is 11.1. The molecule has 0 aliphatic rings. The molecule has 0 aliphatic carbocycles. The molecule has 0 spiro atoms. The van der Waals surface area contributed by atoms with Crippen LogP contribution >= 0.6 is 0 Å². The Morgan fingerprint density at radius 2 is 1.93 bits per heavy atom. The van der Waals surface area contributed by atoms with E-state index in [1.807, 2.05) is 30.3 Å². The Kier molecular flexibility index (Phi) is 3.82. The number of rotatable bonds is 4. The van der Waals surface area contributed by atoms with Gasteiger partial charge in [-0.25, -0.2) is 4.79 Å². The van der Waals surface area contributed by atoms with E-state index < -0.39 is 17.9 Å². The van der Waals surface area contributed by atoms with Crippen LogP contribution in [0.1, 0.15) is 5.56 Å². The SMILES string of the molecule is NC(C(=O)O)C(=O)NCc1ccccc1. The first-order chi connectivity index (χ1) is 7.11. The lowest BCUT2D eigenvalue weighted by molar-refractivity contribution is -0.142. The predicted molar refractivity (Wildman–Crippen MR) is 53.9 cm³/mol. The van der Waals surface area contributed by atoms with Crippen LogP contribution in [0, 0.1) is 0 Å². The Morgan fingerprint density at radius 1 is 1.33 bits per heavy atom. The number of carboxylic acid groups (broad SMARTS) is 1. The van der Waals surface area contributed by atoms with Gasteiger partial charge in [0.05, 0.1) is 0 Å². The molecule has 1 rings (SSSR count). The third-order valence-corrected chi connectivity index (χ3v) is 1.86. The van der Waals surface area contributed by atoms with E-state index in [4.69, 9.17) is 10.8 Å². The molecule has 1 amide bonds. The van der Waals surface area contributed by atoms with Gasteiger partial charge in [-0.2, -0.15) is 0 Å². The number of amides is 1. The van der Waals surface area contributed by atoms with Crippen molar-refractivity contribution in [2.75, 3.05) is 0 Å². The van der Waals surface area contributed by atoms with Crippen molar-refractivity contribution in [2.24, 2.45) is 5.73 Å². The van der Waals surface area contributed by atoms with Gasteiger partial charge in [-0.05, 0) is 5.56 Å². The number of hydrogen-bond donors (Lipinski definition) is 3. The predicted octanol–water partition coefficient (Wildman–Crippen LogP) is -0.285. The molecule has 5 nitrogen and oxygen atoms in total. The fourth-order valence-corrected chi connectivity index (χ4v) is 1.01. The third-order valence-electron chi connectivity index (χ3n) is 1.86. The molecule has 5 heteroatoms. The number of aliphatic carboxylic acids is 1. The lowest BCUT2D eigenvalue weighted by atomic mass is 10.2. The second-order valence-corrected chi connectivity index (χ2v) is 3.02. The topological polar surface area (TPSA) is 92.4 Å². The second kappa shape index (κ2) is 5.11. The maximum atomic E-state index is 11.1. The van der Waals surface area contributed by atoms with Crippen LogP contribution in [0.15, 0.2) is 30.3 Å².